The Morgan fingerprint density at radius 3 is 2.24 bits per heavy atom. The number of hydrogen-bond donors (Lipinski definition) is 3. The summed E-state index contributed by atoms with van der Waals surface area (Å²) in [7, 11) is -4.79. The van der Waals surface area contributed by atoms with Crippen LogP contribution < -0.4 is 15.4 Å². The van der Waals surface area contributed by atoms with Crippen LogP contribution in [0.25, 0.3) is 0 Å². The predicted octanol–water partition coefficient (Wildman–Crippen LogP) is 0.693. The molecule has 2 aliphatic rings. The molecule has 1 heterocycles. The Labute approximate surface area is 193 Å². The van der Waals surface area contributed by atoms with Crippen LogP contribution in [-0.2, 0) is 20.0 Å². The van der Waals surface area contributed by atoms with E-state index in [1.165, 1.54) is 6.42 Å². The van der Waals surface area contributed by atoms with Crippen molar-refractivity contribution in [2.75, 3.05) is 44.7 Å². The second-order valence-electron chi connectivity index (χ2n) is 7.60. The van der Waals surface area contributed by atoms with E-state index in [4.69, 9.17) is 0 Å². The first-order valence-corrected chi connectivity index (χ1v) is 13.4. The number of aliphatic imine (C=N–C) groups is 1. The van der Waals surface area contributed by atoms with Crippen LogP contribution in [0.3, 0.4) is 0 Å². The first kappa shape index (κ1) is 26.9. The van der Waals surface area contributed by atoms with E-state index < -0.39 is 20.0 Å². The Morgan fingerprint density at radius 1 is 1.07 bits per heavy atom. The Morgan fingerprint density at radius 2 is 1.72 bits per heavy atom. The molecule has 172 valence electrons. The highest BCUT2D eigenvalue weighted by molar-refractivity contribution is 14.0. The zero-order valence-electron chi connectivity index (χ0n) is 17.4. The van der Waals surface area contributed by atoms with Crippen LogP contribution in [0.2, 0.25) is 0 Å². The molecule has 2 rings (SSSR count). The summed E-state index contributed by atoms with van der Waals surface area (Å²) in [4.78, 5) is 4.14. The first-order valence-electron chi connectivity index (χ1n) is 10.2. The Bertz CT molecular complexity index is 718. The van der Waals surface area contributed by atoms with Gasteiger partial charge in [-0.15, -0.1) is 24.0 Å². The summed E-state index contributed by atoms with van der Waals surface area (Å²) in [5.41, 5.74) is 0. The number of nitrogens with one attached hydrogen (secondary N) is 3. The number of halogens is 1. The van der Waals surface area contributed by atoms with E-state index in [0.29, 0.717) is 50.8 Å². The van der Waals surface area contributed by atoms with Crippen LogP contribution in [0.1, 0.15) is 45.4 Å². The van der Waals surface area contributed by atoms with Crippen molar-refractivity contribution in [2.45, 2.75) is 51.5 Å². The Kier molecular flexibility index (Phi) is 11.7. The van der Waals surface area contributed by atoms with Crippen LogP contribution in [0.15, 0.2) is 4.99 Å². The topological polar surface area (TPSA) is 120 Å². The zero-order valence-corrected chi connectivity index (χ0v) is 21.4. The predicted molar refractivity (Wildman–Crippen MR) is 128 cm³/mol. The average Bonchev–Trinajstić information content (AvgIpc) is 2.59. The van der Waals surface area contributed by atoms with Gasteiger partial charge in [0.2, 0.25) is 20.0 Å². The molecule has 1 saturated carbocycles. The van der Waals surface area contributed by atoms with Gasteiger partial charge in [0.05, 0.1) is 11.5 Å². The van der Waals surface area contributed by atoms with Crippen molar-refractivity contribution < 1.29 is 16.8 Å². The molecule has 2 fully saturated rings. The van der Waals surface area contributed by atoms with Crippen molar-refractivity contribution in [1.82, 2.24) is 19.7 Å². The van der Waals surface area contributed by atoms with E-state index in [0.717, 1.165) is 12.8 Å². The molecule has 29 heavy (non-hydrogen) atoms. The van der Waals surface area contributed by atoms with Crippen molar-refractivity contribution in [3.05, 3.63) is 0 Å². The smallest absolute Gasteiger partial charge is 0.214 e. The van der Waals surface area contributed by atoms with Gasteiger partial charge in [-0.05, 0) is 38.0 Å². The van der Waals surface area contributed by atoms with Crippen molar-refractivity contribution >= 4 is 50.0 Å². The molecule has 0 aromatic carbocycles. The second-order valence-corrected chi connectivity index (χ2v) is 11.6. The molecule has 3 N–H and O–H groups in total. The molecule has 0 amide bonds. The number of hydrogen-bond acceptors (Lipinski definition) is 5. The van der Waals surface area contributed by atoms with E-state index in [1.807, 2.05) is 6.92 Å². The molecule has 0 aromatic rings. The van der Waals surface area contributed by atoms with Gasteiger partial charge < -0.3 is 10.6 Å². The molecule has 1 aliphatic heterocycles. The second kappa shape index (κ2) is 12.6. The minimum absolute atomic E-state index is 0. The van der Waals surface area contributed by atoms with Crippen LogP contribution in [0.4, 0.5) is 0 Å². The SMILES string of the molecule is CCCS(=O)(=O)N1CCC(NC(=NC)NCCS(=O)(=O)NCC2CCC2)CC1.I. The molecule has 0 atom stereocenters. The molecular weight excluding hydrogens is 529 g/mol. The van der Waals surface area contributed by atoms with Crippen molar-refractivity contribution in [1.29, 1.82) is 0 Å². The summed E-state index contributed by atoms with van der Waals surface area (Å²) < 4.78 is 52.6. The summed E-state index contributed by atoms with van der Waals surface area (Å²) in [6, 6.07) is 0.118. The van der Waals surface area contributed by atoms with E-state index >= 15 is 0 Å². The third-order valence-electron chi connectivity index (χ3n) is 5.35. The lowest BCUT2D eigenvalue weighted by Crippen LogP contribution is -2.50. The molecule has 0 spiro atoms. The molecule has 1 saturated heterocycles. The van der Waals surface area contributed by atoms with Gasteiger partial charge in [0, 0.05) is 39.3 Å². The fourth-order valence-electron chi connectivity index (χ4n) is 3.37. The van der Waals surface area contributed by atoms with Crippen LogP contribution in [-0.4, -0.2) is 77.9 Å². The highest BCUT2D eigenvalue weighted by Gasteiger charge is 2.27. The van der Waals surface area contributed by atoms with E-state index in [-0.39, 0.29) is 48.1 Å². The van der Waals surface area contributed by atoms with Gasteiger partial charge in [0.1, 0.15) is 0 Å². The summed E-state index contributed by atoms with van der Waals surface area (Å²) >= 11 is 0. The van der Waals surface area contributed by atoms with Gasteiger partial charge in [0.25, 0.3) is 0 Å². The average molecular weight is 566 g/mol. The maximum Gasteiger partial charge on any atom is 0.214 e. The lowest BCUT2D eigenvalue weighted by atomic mass is 9.86. The maximum atomic E-state index is 12.1. The monoisotopic (exact) mass is 565 g/mol. The maximum absolute atomic E-state index is 12.1. The fraction of sp³-hybridized carbons (Fsp3) is 0.941. The molecule has 0 bridgehead atoms. The largest absolute Gasteiger partial charge is 0.355 e. The molecule has 0 radical (unpaired) electrons. The van der Waals surface area contributed by atoms with E-state index in [9.17, 15) is 16.8 Å². The zero-order chi connectivity index (χ0) is 20.6. The van der Waals surface area contributed by atoms with Gasteiger partial charge in [0.15, 0.2) is 5.96 Å². The van der Waals surface area contributed by atoms with Gasteiger partial charge >= 0.3 is 0 Å². The first-order chi connectivity index (χ1) is 13.3. The van der Waals surface area contributed by atoms with Gasteiger partial charge in [-0.25, -0.2) is 25.9 Å². The van der Waals surface area contributed by atoms with E-state index in [2.05, 4.69) is 20.3 Å². The molecule has 9 nitrogen and oxygen atoms in total. The minimum Gasteiger partial charge on any atom is -0.355 e. The van der Waals surface area contributed by atoms with Gasteiger partial charge in [-0.2, -0.15) is 0 Å². The van der Waals surface area contributed by atoms with Crippen LogP contribution in [0.5, 0.6) is 0 Å². The summed E-state index contributed by atoms with van der Waals surface area (Å²) in [5, 5.41) is 6.30. The summed E-state index contributed by atoms with van der Waals surface area (Å²) in [6.45, 7) is 3.66. The van der Waals surface area contributed by atoms with Crippen LogP contribution in [0, 0.1) is 5.92 Å². The van der Waals surface area contributed by atoms with Crippen molar-refractivity contribution in [2.24, 2.45) is 10.9 Å². The van der Waals surface area contributed by atoms with Gasteiger partial charge in [-0.3, -0.25) is 4.99 Å². The molecule has 12 heteroatoms. The molecular formula is C17H36IN5O4S2. The number of piperidine rings is 1. The highest BCUT2D eigenvalue weighted by Crippen LogP contribution is 2.25. The minimum atomic E-state index is -3.29. The van der Waals surface area contributed by atoms with Crippen molar-refractivity contribution in [3.8, 4) is 0 Å². The number of sulfonamides is 2. The lowest BCUT2D eigenvalue weighted by Gasteiger charge is -2.32. The van der Waals surface area contributed by atoms with Gasteiger partial charge in [-0.1, -0.05) is 13.3 Å². The Balaban J connectivity index is 0.00000420. The van der Waals surface area contributed by atoms with E-state index in [1.54, 1.807) is 11.4 Å². The highest BCUT2D eigenvalue weighted by atomic mass is 127. The quantitative estimate of drug-likeness (QED) is 0.204. The molecule has 0 aromatic heterocycles. The fourth-order valence-corrected chi connectivity index (χ4v) is 5.92. The van der Waals surface area contributed by atoms with Crippen LogP contribution >= 0.6 is 24.0 Å². The third-order valence-corrected chi connectivity index (χ3v) is 8.78. The number of rotatable bonds is 10. The standard InChI is InChI=1S/C17H35N5O4S2.HI/c1-3-12-28(25,26)22-10-7-16(8-11-22)21-17(18-2)19-9-13-27(23,24)20-14-15-5-4-6-15;/h15-16,20H,3-14H2,1-2H3,(H2,18,19,21);1H. The number of guanidine groups is 1. The summed E-state index contributed by atoms with van der Waals surface area (Å²) in [6.07, 6.45) is 5.43. The number of nitrogens with zero attached hydrogens (tertiary/aromatic N) is 2. The lowest BCUT2D eigenvalue weighted by molar-refractivity contribution is 0.306. The Hall–Kier alpha value is -0.180. The summed E-state index contributed by atoms with van der Waals surface area (Å²) in [5.74, 6) is 1.22. The van der Waals surface area contributed by atoms with Crippen molar-refractivity contribution in [3.63, 3.8) is 0 Å². The third kappa shape index (κ3) is 9.23. The normalized spacial score (nSPS) is 20.0. The molecule has 0 unspecified atom stereocenters. The molecule has 1 aliphatic carbocycles.